The summed E-state index contributed by atoms with van der Waals surface area (Å²) in [6, 6.07) is 6.66. The van der Waals surface area contributed by atoms with Crippen LogP contribution in [-0.2, 0) is 0 Å². The Labute approximate surface area is 124 Å². The van der Waals surface area contributed by atoms with E-state index in [2.05, 4.69) is 4.98 Å². The maximum Gasteiger partial charge on any atom is 0.214 e. The lowest BCUT2D eigenvalue weighted by Gasteiger charge is -2.08. The Morgan fingerprint density at radius 1 is 0.889 bits per heavy atom. The van der Waals surface area contributed by atoms with Crippen molar-refractivity contribution in [2.45, 2.75) is 0 Å². The quantitative estimate of drug-likeness (QED) is 0.547. The summed E-state index contributed by atoms with van der Waals surface area (Å²) in [5.74, 6) is 0.402. The molecule has 2 aromatic rings. The van der Waals surface area contributed by atoms with Crippen molar-refractivity contribution in [3.8, 4) is 17.0 Å². The van der Waals surface area contributed by atoms with Gasteiger partial charge in [-0.2, -0.15) is 0 Å². The zero-order chi connectivity index (χ0) is 13.3. The highest BCUT2D eigenvalue weighted by Crippen LogP contribution is 2.36. The molecule has 0 N–H and O–H groups in total. The number of halogens is 4. The van der Waals surface area contributed by atoms with E-state index in [9.17, 15) is 0 Å². The number of methoxy groups -OCH3 is 1. The van der Waals surface area contributed by atoms with Crippen molar-refractivity contribution in [3.63, 3.8) is 0 Å². The SMILES string of the molecule is COc1cc(-c2cc(Cl)c(Cl)cc2Cl)cc(Cl)n1. The summed E-state index contributed by atoms with van der Waals surface area (Å²) in [4.78, 5) is 3.99. The molecule has 2 nitrogen and oxygen atoms in total. The Morgan fingerprint density at radius 2 is 1.56 bits per heavy atom. The van der Waals surface area contributed by atoms with Gasteiger partial charge in [-0.3, -0.25) is 0 Å². The first-order valence-corrected chi connectivity index (χ1v) is 6.39. The van der Waals surface area contributed by atoms with E-state index in [-0.39, 0.29) is 0 Å². The molecule has 2 rings (SSSR count). The molecule has 0 radical (unpaired) electrons. The lowest BCUT2D eigenvalue weighted by Crippen LogP contribution is -1.90. The number of hydrogen-bond donors (Lipinski definition) is 0. The van der Waals surface area contributed by atoms with Crippen LogP contribution in [0.2, 0.25) is 20.2 Å². The van der Waals surface area contributed by atoms with Crippen LogP contribution in [0.4, 0.5) is 0 Å². The summed E-state index contributed by atoms with van der Waals surface area (Å²) in [5.41, 5.74) is 1.48. The normalized spacial score (nSPS) is 10.5. The Kier molecular flexibility index (Phi) is 4.23. The molecule has 0 spiro atoms. The molecule has 0 atom stereocenters. The third-order valence-corrected chi connectivity index (χ3v) is 3.53. The Morgan fingerprint density at radius 3 is 2.22 bits per heavy atom. The van der Waals surface area contributed by atoms with Crippen LogP contribution in [0.5, 0.6) is 5.88 Å². The molecule has 0 unspecified atom stereocenters. The van der Waals surface area contributed by atoms with Crippen molar-refractivity contribution in [2.75, 3.05) is 7.11 Å². The average Bonchev–Trinajstić information content (AvgIpc) is 2.33. The number of pyridine rings is 1. The molecule has 0 saturated heterocycles. The van der Waals surface area contributed by atoms with Gasteiger partial charge in [0.15, 0.2) is 0 Å². The fourth-order valence-electron chi connectivity index (χ4n) is 1.48. The minimum atomic E-state index is 0.312. The van der Waals surface area contributed by atoms with Gasteiger partial charge in [-0.15, -0.1) is 0 Å². The minimum absolute atomic E-state index is 0.312. The van der Waals surface area contributed by atoms with Crippen LogP contribution in [0.15, 0.2) is 24.3 Å². The van der Waals surface area contributed by atoms with Crippen molar-refractivity contribution in [1.29, 1.82) is 0 Å². The molecule has 0 amide bonds. The van der Waals surface area contributed by atoms with Gasteiger partial charge in [0.1, 0.15) is 5.15 Å². The zero-order valence-electron chi connectivity index (χ0n) is 9.18. The molecule has 0 aliphatic rings. The molecule has 6 heteroatoms. The van der Waals surface area contributed by atoms with E-state index in [1.807, 2.05) is 0 Å². The van der Waals surface area contributed by atoms with E-state index in [0.29, 0.717) is 31.7 Å². The van der Waals surface area contributed by atoms with Crippen LogP contribution in [0.3, 0.4) is 0 Å². The number of nitrogens with zero attached hydrogens (tertiary/aromatic N) is 1. The van der Waals surface area contributed by atoms with Crippen molar-refractivity contribution < 1.29 is 4.74 Å². The highest BCUT2D eigenvalue weighted by Gasteiger charge is 2.10. The number of ether oxygens (including phenoxy) is 1. The second-order valence-electron chi connectivity index (χ2n) is 3.47. The van der Waals surface area contributed by atoms with Crippen LogP contribution in [0.1, 0.15) is 0 Å². The molecule has 0 bridgehead atoms. The molecule has 0 saturated carbocycles. The van der Waals surface area contributed by atoms with Gasteiger partial charge in [-0.05, 0) is 23.8 Å². The number of rotatable bonds is 2. The molecule has 94 valence electrons. The maximum atomic E-state index is 6.14. The van der Waals surface area contributed by atoms with Crippen LogP contribution < -0.4 is 4.74 Å². The Bertz CT molecular complexity index is 601. The van der Waals surface area contributed by atoms with E-state index in [1.165, 1.54) is 7.11 Å². The monoisotopic (exact) mass is 321 g/mol. The van der Waals surface area contributed by atoms with E-state index in [1.54, 1.807) is 24.3 Å². The van der Waals surface area contributed by atoms with Crippen molar-refractivity contribution >= 4 is 46.4 Å². The summed E-state index contributed by atoms with van der Waals surface area (Å²) in [6.45, 7) is 0. The summed E-state index contributed by atoms with van der Waals surface area (Å²) < 4.78 is 5.05. The maximum absolute atomic E-state index is 6.14. The van der Waals surface area contributed by atoms with Gasteiger partial charge in [0.2, 0.25) is 5.88 Å². The van der Waals surface area contributed by atoms with Crippen LogP contribution >= 0.6 is 46.4 Å². The van der Waals surface area contributed by atoms with E-state index < -0.39 is 0 Å². The van der Waals surface area contributed by atoms with Crippen molar-refractivity contribution in [3.05, 3.63) is 44.5 Å². The van der Waals surface area contributed by atoms with E-state index in [0.717, 1.165) is 5.56 Å². The predicted octanol–water partition coefficient (Wildman–Crippen LogP) is 5.37. The van der Waals surface area contributed by atoms with E-state index in [4.69, 9.17) is 51.1 Å². The molecule has 18 heavy (non-hydrogen) atoms. The predicted molar refractivity (Wildman–Crippen MR) is 76.3 cm³/mol. The molecule has 0 aliphatic heterocycles. The topological polar surface area (TPSA) is 22.1 Å². The fourth-order valence-corrected chi connectivity index (χ4v) is 2.33. The van der Waals surface area contributed by atoms with Crippen molar-refractivity contribution in [1.82, 2.24) is 4.98 Å². The lowest BCUT2D eigenvalue weighted by molar-refractivity contribution is 0.398. The zero-order valence-corrected chi connectivity index (χ0v) is 12.2. The summed E-state index contributed by atoms with van der Waals surface area (Å²) in [7, 11) is 1.51. The number of aromatic nitrogens is 1. The summed E-state index contributed by atoms with van der Waals surface area (Å²) in [6.07, 6.45) is 0. The number of benzene rings is 1. The third-order valence-electron chi connectivity index (χ3n) is 2.30. The first-order valence-electron chi connectivity index (χ1n) is 4.87. The molecular formula is C12H7Cl4NO. The second kappa shape index (κ2) is 5.54. The Balaban J connectivity index is 2.61. The molecule has 1 heterocycles. The van der Waals surface area contributed by atoms with Crippen LogP contribution in [0.25, 0.3) is 11.1 Å². The van der Waals surface area contributed by atoms with Gasteiger partial charge in [0, 0.05) is 16.7 Å². The first kappa shape index (κ1) is 13.8. The molecule has 0 aliphatic carbocycles. The first-order chi connectivity index (χ1) is 8.51. The lowest BCUT2D eigenvalue weighted by atomic mass is 10.1. The smallest absolute Gasteiger partial charge is 0.214 e. The van der Waals surface area contributed by atoms with Crippen LogP contribution in [0, 0.1) is 0 Å². The highest BCUT2D eigenvalue weighted by atomic mass is 35.5. The molecule has 1 aromatic heterocycles. The fraction of sp³-hybridized carbons (Fsp3) is 0.0833. The van der Waals surface area contributed by atoms with Gasteiger partial charge in [-0.25, -0.2) is 4.98 Å². The summed E-state index contributed by atoms with van der Waals surface area (Å²) >= 11 is 23.9. The van der Waals surface area contributed by atoms with Gasteiger partial charge in [-0.1, -0.05) is 46.4 Å². The van der Waals surface area contributed by atoms with E-state index >= 15 is 0 Å². The standard InChI is InChI=1S/C12H7Cl4NO/c1-18-12-3-6(2-11(16)17-12)7-4-9(14)10(15)5-8(7)13/h2-5H,1H3. The Hall–Kier alpha value is -0.670. The third kappa shape index (κ3) is 2.83. The van der Waals surface area contributed by atoms with Crippen LogP contribution in [-0.4, -0.2) is 12.1 Å². The van der Waals surface area contributed by atoms with Gasteiger partial charge in [0.05, 0.1) is 17.2 Å². The van der Waals surface area contributed by atoms with Gasteiger partial charge < -0.3 is 4.74 Å². The average molecular weight is 323 g/mol. The molecule has 0 fully saturated rings. The largest absolute Gasteiger partial charge is 0.481 e. The second-order valence-corrected chi connectivity index (χ2v) is 5.08. The molecular weight excluding hydrogens is 316 g/mol. The minimum Gasteiger partial charge on any atom is -0.481 e. The number of hydrogen-bond acceptors (Lipinski definition) is 2. The van der Waals surface area contributed by atoms with Gasteiger partial charge >= 0.3 is 0 Å². The molecule has 1 aromatic carbocycles. The summed E-state index contributed by atoms with van der Waals surface area (Å²) in [5, 5.41) is 1.61. The van der Waals surface area contributed by atoms with Crippen molar-refractivity contribution in [2.24, 2.45) is 0 Å². The highest BCUT2D eigenvalue weighted by molar-refractivity contribution is 6.44. The van der Waals surface area contributed by atoms with Gasteiger partial charge in [0.25, 0.3) is 0 Å².